The third-order valence-corrected chi connectivity index (χ3v) is 3.74. The van der Waals surface area contributed by atoms with Gasteiger partial charge in [0.1, 0.15) is 0 Å². The van der Waals surface area contributed by atoms with E-state index in [4.69, 9.17) is 0 Å². The zero-order chi connectivity index (χ0) is 15.1. The van der Waals surface area contributed by atoms with Crippen LogP contribution in [0.25, 0.3) is 0 Å². The molecule has 0 radical (unpaired) electrons. The van der Waals surface area contributed by atoms with E-state index in [2.05, 4.69) is 21.2 Å². The van der Waals surface area contributed by atoms with Crippen molar-refractivity contribution >= 4 is 22.0 Å². The number of nitrogens with zero attached hydrogens (tertiary/aromatic N) is 1. The van der Waals surface area contributed by atoms with Gasteiger partial charge in [0.25, 0.3) is 0 Å². The summed E-state index contributed by atoms with van der Waals surface area (Å²) in [5.74, 6) is 0. The Balaban J connectivity index is 2.59. The molecule has 0 heterocycles. The molecule has 112 valence electrons. The lowest BCUT2D eigenvalue weighted by Gasteiger charge is -2.23. The van der Waals surface area contributed by atoms with Gasteiger partial charge in [0.15, 0.2) is 0 Å². The van der Waals surface area contributed by atoms with E-state index >= 15 is 0 Å². The van der Waals surface area contributed by atoms with Gasteiger partial charge >= 0.3 is 6.03 Å². The first-order chi connectivity index (χ1) is 9.43. The molecular weight excluding hydrogens is 320 g/mol. The van der Waals surface area contributed by atoms with Crippen LogP contribution in [0.3, 0.4) is 0 Å². The number of nitrogens with one attached hydrogen (secondary N) is 1. The number of amides is 2. The Hall–Kier alpha value is -1.07. The third kappa shape index (κ3) is 5.51. The Bertz CT molecular complexity index is 420. The normalized spacial score (nSPS) is 13.7. The van der Waals surface area contributed by atoms with Gasteiger partial charge in [-0.25, -0.2) is 4.79 Å². The van der Waals surface area contributed by atoms with Crippen molar-refractivity contribution in [3.8, 4) is 0 Å². The molecule has 0 aliphatic rings. The fourth-order valence-corrected chi connectivity index (χ4v) is 2.12. The Morgan fingerprint density at radius 3 is 2.50 bits per heavy atom. The predicted molar refractivity (Wildman–Crippen MR) is 84.6 cm³/mol. The number of aliphatic hydroxyl groups is 1. The van der Waals surface area contributed by atoms with Gasteiger partial charge in [-0.15, -0.1) is 0 Å². The fraction of sp³-hybridized carbons (Fsp3) is 0.533. The number of urea groups is 1. The molecule has 1 aromatic rings. The molecule has 0 saturated carbocycles. The standard InChI is InChI=1S/C15H23BrN2O2/c1-4-14(12-5-7-13(16)8-6-12)17-15(20)18(3)10-9-11(2)19/h5-8,11,14,19H,4,9-10H2,1-3H3,(H,17,20). The summed E-state index contributed by atoms with van der Waals surface area (Å²) in [7, 11) is 1.74. The number of aliphatic hydroxyl groups excluding tert-OH is 1. The van der Waals surface area contributed by atoms with Crippen LogP contribution in [0.1, 0.15) is 38.3 Å². The summed E-state index contributed by atoms with van der Waals surface area (Å²) in [6.07, 6.45) is 1.02. The summed E-state index contributed by atoms with van der Waals surface area (Å²) in [6, 6.07) is 7.86. The minimum atomic E-state index is -0.390. The van der Waals surface area contributed by atoms with Crippen molar-refractivity contribution in [3.05, 3.63) is 34.3 Å². The number of rotatable bonds is 6. The van der Waals surface area contributed by atoms with Gasteiger partial charge in [0.2, 0.25) is 0 Å². The zero-order valence-electron chi connectivity index (χ0n) is 12.3. The molecule has 2 N–H and O–H groups in total. The fourth-order valence-electron chi connectivity index (χ4n) is 1.86. The average molecular weight is 343 g/mol. The molecular formula is C15H23BrN2O2. The molecule has 2 atom stereocenters. The summed E-state index contributed by atoms with van der Waals surface area (Å²) in [5.41, 5.74) is 1.09. The number of carbonyl (C=O) groups is 1. The number of benzene rings is 1. The molecule has 4 nitrogen and oxygen atoms in total. The SMILES string of the molecule is CCC(NC(=O)N(C)CCC(C)O)c1ccc(Br)cc1. The summed E-state index contributed by atoms with van der Waals surface area (Å²) in [4.78, 5) is 13.7. The summed E-state index contributed by atoms with van der Waals surface area (Å²) < 4.78 is 1.02. The minimum absolute atomic E-state index is 0.00426. The van der Waals surface area contributed by atoms with E-state index in [1.165, 1.54) is 0 Å². The van der Waals surface area contributed by atoms with Crippen molar-refractivity contribution in [2.24, 2.45) is 0 Å². The molecule has 0 bridgehead atoms. The van der Waals surface area contributed by atoms with Crippen LogP contribution < -0.4 is 5.32 Å². The van der Waals surface area contributed by atoms with Crippen LogP contribution in [0.15, 0.2) is 28.7 Å². The van der Waals surface area contributed by atoms with E-state index in [1.54, 1.807) is 18.9 Å². The Labute approximate surface area is 129 Å². The minimum Gasteiger partial charge on any atom is -0.393 e. The van der Waals surface area contributed by atoms with E-state index in [9.17, 15) is 9.90 Å². The van der Waals surface area contributed by atoms with Crippen molar-refractivity contribution < 1.29 is 9.90 Å². The maximum atomic E-state index is 12.1. The Morgan fingerprint density at radius 1 is 1.40 bits per heavy atom. The lowest BCUT2D eigenvalue weighted by Crippen LogP contribution is -2.40. The molecule has 1 rings (SSSR count). The highest BCUT2D eigenvalue weighted by Gasteiger charge is 2.15. The topological polar surface area (TPSA) is 52.6 Å². The second-order valence-electron chi connectivity index (χ2n) is 5.02. The van der Waals surface area contributed by atoms with Crippen molar-refractivity contribution in [1.29, 1.82) is 0 Å². The van der Waals surface area contributed by atoms with Crippen LogP contribution in [0, 0.1) is 0 Å². The van der Waals surface area contributed by atoms with Crippen molar-refractivity contribution in [1.82, 2.24) is 10.2 Å². The van der Waals surface area contributed by atoms with E-state index in [1.807, 2.05) is 31.2 Å². The first-order valence-corrected chi connectivity index (χ1v) is 7.68. The molecule has 1 aromatic carbocycles. The molecule has 0 aliphatic heterocycles. The molecule has 2 amide bonds. The van der Waals surface area contributed by atoms with Crippen LogP contribution in [-0.4, -0.2) is 35.7 Å². The highest BCUT2D eigenvalue weighted by atomic mass is 79.9. The van der Waals surface area contributed by atoms with Crippen molar-refractivity contribution in [2.45, 2.75) is 38.8 Å². The molecule has 0 spiro atoms. The van der Waals surface area contributed by atoms with Crippen LogP contribution in [0.5, 0.6) is 0 Å². The molecule has 0 fully saturated rings. The number of carbonyl (C=O) groups excluding carboxylic acids is 1. The number of halogens is 1. The van der Waals surface area contributed by atoms with E-state index in [-0.39, 0.29) is 12.1 Å². The summed E-state index contributed by atoms with van der Waals surface area (Å²) in [5, 5.41) is 12.3. The largest absolute Gasteiger partial charge is 0.393 e. The highest BCUT2D eigenvalue weighted by molar-refractivity contribution is 9.10. The van der Waals surface area contributed by atoms with Gasteiger partial charge in [-0.3, -0.25) is 0 Å². The number of hydrogen-bond donors (Lipinski definition) is 2. The van der Waals surface area contributed by atoms with Gasteiger partial charge in [-0.2, -0.15) is 0 Å². The summed E-state index contributed by atoms with van der Waals surface area (Å²) in [6.45, 7) is 4.31. The average Bonchev–Trinajstić information content (AvgIpc) is 2.42. The molecule has 0 saturated heterocycles. The maximum Gasteiger partial charge on any atom is 0.317 e. The third-order valence-electron chi connectivity index (χ3n) is 3.21. The van der Waals surface area contributed by atoms with Gasteiger partial charge in [-0.05, 0) is 37.5 Å². The van der Waals surface area contributed by atoms with Crippen LogP contribution >= 0.6 is 15.9 Å². The molecule has 0 aromatic heterocycles. The van der Waals surface area contributed by atoms with Crippen LogP contribution in [0.4, 0.5) is 4.79 Å². The van der Waals surface area contributed by atoms with Gasteiger partial charge in [0.05, 0.1) is 12.1 Å². The van der Waals surface area contributed by atoms with Crippen LogP contribution in [-0.2, 0) is 0 Å². The Kier molecular flexibility index (Phi) is 7.02. The summed E-state index contributed by atoms with van der Waals surface area (Å²) >= 11 is 3.41. The van der Waals surface area contributed by atoms with Gasteiger partial charge in [0, 0.05) is 18.1 Å². The van der Waals surface area contributed by atoms with E-state index < -0.39 is 6.10 Å². The molecule has 2 unspecified atom stereocenters. The first-order valence-electron chi connectivity index (χ1n) is 6.89. The molecule has 20 heavy (non-hydrogen) atoms. The Morgan fingerprint density at radius 2 is 2.00 bits per heavy atom. The highest BCUT2D eigenvalue weighted by Crippen LogP contribution is 2.19. The van der Waals surface area contributed by atoms with E-state index in [0.717, 1.165) is 16.5 Å². The lowest BCUT2D eigenvalue weighted by molar-refractivity contribution is 0.162. The van der Waals surface area contributed by atoms with Crippen molar-refractivity contribution in [3.63, 3.8) is 0 Å². The lowest BCUT2D eigenvalue weighted by atomic mass is 10.1. The van der Waals surface area contributed by atoms with Crippen molar-refractivity contribution in [2.75, 3.05) is 13.6 Å². The second-order valence-corrected chi connectivity index (χ2v) is 5.94. The predicted octanol–water partition coefficient (Wildman–Crippen LogP) is 3.31. The van der Waals surface area contributed by atoms with Gasteiger partial charge < -0.3 is 15.3 Å². The quantitative estimate of drug-likeness (QED) is 0.833. The van der Waals surface area contributed by atoms with Crippen LogP contribution in [0.2, 0.25) is 0 Å². The van der Waals surface area contributed by atoms with Gasteiger partial charge in [-0.1, -0.05) is 35.0 Å². The smallest absolute Gasteiger partial charge is 0.317 e. The molecule has 0 aliphatic carbocycles. The maximum absolute atomic E-state index is 12.1. The number of hydrogen-bond acceptors (Lipinski definition) is 2. The first kappa shape index (κ1) is 17.0. The zero-order valence-corrected chi connectivity index (χ0v) is 13.9. The second kappa shape index (κ2) is 8.27. The van der Waals surface area contributed by atoms with E-state index in [0.29, 0.717) is 13.0 Å². The monoisotopic (exact) mass is 342 g/mol. The molecule has 5 heteroatoms.